The molecule has 2 heterocycles. The van der Waals surface area contributed by atoms with Crippen molar-refractivity contribution in [3.8, 4) is 0 Å². The highest BCUT2D eigenvalue weighted by Crippen LogP contribution is 2.42. The van der Waals surface area contributed by atoms with Crippen molar-refractivity contribution in [3.05, 3.63) is 24.1 Å². The van der Waals surface area contributed by atoms with E-state index in [-0.39, 0.29) is 29.9 Å². The minimum atomic E-state index is -3.14. The van der Waals surface area contributed by atoms with Crippen molar-refractivity contribution in [1.29, 1.82) is 0 Å². The molecule has 2 atom stereocenters. The summed E-state index contributed by atoms with van der Waals surface area (Å²) >= 11 is 0. The van der Waals surface area contributed by atoms with Gasteiger partial charge in [0.1, 0.15) is 21.5 Å². The first-order valence-electron chi connectivity index (χ1n) is 8.15. The Kier molecular flexibility index (Phi) is 4.76. The number of carbonyl (C=O) groups excluding carboxylic acids is 1. The molecule has 0 spiro atoms. The lowest BCUT2D eigenvalue weighted by molar-refractivity contribution is -0.121. The summed E-state index contributed by atoms with van der Waals surface area (Å²) in [6, 6.07) is 3.01. The molecule has 0 bridgehead atoms. The molecule has 1 N–H and O–H groups in total. The molecule has 6 nitrogen and oxygen atoms in total. The Morgan fingerprint density at radius 1 is 1.38 bits per heavy atom. The van der Waals surface area contributed by atoms with Gasteiger partial charge in [0.15, 0.2) is 0 Å². The van der Waals surface area contributed by atoms with Crippen LogP contribution in [0.3, 0.4) is 0 Å². The van der Waals surface area contributed by atoms with Crippen LogP contribution in [0.1, 0.15) is 19.3 Å². The fraction of sp³-hybridized carbons (Fsp3) is 0.625. The number of amides is 1. The Morgan fingerprint density at radius 3 is 2.71 bits per heavy atom. The second-order valence-electron chi connectivity index (χ2n) is 6.79. The van der Waals surface area contributed by atoms with Crippen LogP contribution >= 0.6 is 0 Å². The Hall–Kier alpha value is -1.70. The molecule has 1 aliphatic carbocycles. The zero-order chi connectivity index (χ0) is 17.3. The van der Waals surface area contributed by atoms with E-state index in [1.54, 1.807) is 6.07 Å². The van der Waals surface area contributed by atoms with E-state index < -0.39 is 9.84 Å². The van der Waals surface area contributed by atoms with E-state index in [0.29, 0.717) is 24.2 Å². The van der Waals surface area contributed by atoms with Gasteiger partial charge in [-0.2, -0.15) is 0 Å². The van der Waals surface area contributed by atoms with E-state index in [9.17, 15) is 17.6 Å². The van der Waals surface area contributed by atoms with Crippen molar-refractivity contribution >= 4 is 21.6 Å². The summed E-state index contributed by atoms with van der Waals surface area (Å²) in [4.78, 5) is 18.2. The zero-order valence-corrected chi connectivity index (χ0v) is 14.4. The molecule has 3 rings (SSSR count). The van der Waals surface area contributed by atoms with E-state index in [0.717, 1.165) is 25.6 Å². The van der Waals surface area contributed by atoms with Crippen molar-refractivity contribution in [3.63, 3.8) is 0 Å². The van der Waals surface area contributed by atoms with Gasteiger partial charge >= 0.3 is 0 Å². The summed E-state index contributed by atoms with van der Waals surface area (Å²) in [7, 11) is -3.14. The number of anilines is 1. The average Bonchev–Trinajstić information content (AvgIpc) is 3.27. The highest BCUT2D eigenvalue weighted by Gasteiger charge is 2.43. The van der Waals surface area contributed by atoms with E-state index in [4.69, 9.17) is 0 Å². The number of hydrogen-bond donors (Lipinski definition) is 1. The molecule has 24 heavy (non-hydrogen) atoms. The topological polar surface area (TPSA) is 79.4 Å². The maximum Gasteiger partial charge on any atom is 0.221 e. The van der Waals surface area contributed by atoms with Gasteiger partial charge in [-0.15, -0.1) is 0 Å². The molecule has 0 unspecified atom stereocenters. The number of nitrogens with one attached hydrogen (secondary N) is 1. The molecule has 132 valence electrons. The molecule has 0 aromatic carbocycles. The van der Waals surface area contributed by atoms with E-state index in [1.165, 1.54) is 12.3 Å². The molecule has 1 aliphatic heterocycles. The SMILES string of the molecule is CS(=O)(=O)CCC(=O)N[C@@H]1CN(c2ccc(F)cn2)C[C@H]1C1CC1. The minimum Gasteiger partial charge on any atom is -0.354 e. The lowest BCUT2D eigenvalue weighted by Crippen LogP contribution is -2.41. The molecule has 1 saturated carbocycles. The van der Waals surface area contributed by atoms with Gasteiger partial charge in [0.25, 0.3) is 0 Å². The van der Waals surface area contributed by atoms with Crippen molar-refractivity contribution in [1.82, 2.24) is 10.3 Å². The standard InChI is InChI=1S/C16H22FN3O3S/c1-24(22,23)7-6-16(21)19-14-10-20(9-13(14)11-2-3-11)15-5-4-12(17)8-18-15/h4-5,8,11,13-14H,2-3,6-7,9-10H2,1H3,(H,19,21)/t13-,14+/m0/s1. The van der Waals surface area contributed by atoms with Crippen LogP contribution in [-0.4, -0.2) is 50.4 Å². The highest BCUT2D eigenvalue weighted by atomic mass is 32.2. The molecule has 0 radical (unpaired) electrons. The highest BCUT2D eigenvalue weighted by molar-refractivity contribution is 7.90. The number of rotatable bonds is 6. The second kappa shape index (κ2) is 6.66. The first-order chi connectivity index (χ1) is 11.3. The Labute approximate surface area is 141 Å². The predicted molar refractivity (Wildman–Crippen MR) is 88.9 cm³/mol. The van der Waals surface area contributed by atoms with Crippen molar-refractivity contribution in [2.24, 2.45) is 11.8 Å². The smallest absolute Gasteiger partial charge is 0.221 e. The summed E-state index contributed by atoms with van der Waals surface area (Å²) in [6.45, 7) is 1.39. The molecule has 1 saturated heterocycles. The lowest BCUT2D eigenvalue weighted by atomic mass is 9.98. The van der Waals surface area contributed by atoms with Gasteiger partial charge in [0, 0.05) is 31.7 Å². The van der Waals surface area contributed by atoms with E-state index >= 15 is 0 Å². The number of nitrogens with zero attached hydrogens (tertiary/aromatic N) is 2. The average molecular weight is 355 g/mol. The quantitative estimate of drug-likeness (QED) is 0.823. The molecule has 2 fully saturated rings. The predicted octanol–water partition coefficient (Wildman–Crippen LogP) is 0.986. The second-order valence-corrected chi connectivity index (χ2v) is 9.05. The molecule has 1 aromatic rings. The third-order valence-corrected chi connectivity index (χ3v) is 5.62. The number of hydrogen-bond acceptors (Lipinski definition) is 5. The summed E-state index contributed by atoms with van der Waals surface area (Å²) < 4.78 is 35.4. The van der Waals surface area contributed by atoms with Crippen LogP contribution < -0.4 is 10.2 Å². The van der Waals surface area contributed by atoms with Gasteiger partial charge in [-0.3, -0.25) is 4.79 Å². The molecule has 1 amide bonds. The molecular weight excluding hydrogens is 333 g/mol. The van der Waals surface area contributed by atoms with Crippen LogP contribution in [0, 0.1) is 17.7 Å². The fourth-order valence-corrected chi connectivity index (χ4v) is 3.84. The molecule has 2 aliphatic rings. The Bertz CT molecular complexity index is 704. The van der Waals surface area contributed by atoms with Crippen LogP contribution in [0.5, 0.6) is 0 Å². The van der Waals surface area contributed by atoms with Gasteiger partial charge < -0.3 is 10.2 Å². The summed E-state index contributed by atoms with van der Waals surface area (Å²) in [5, 5.41) is 2.99. The fourth-order valence-electron chi connectivity index (χ4n) is 3.28. The van der Waals surface area contributed by atoms with Crippen molar-refractivity contribution in [2.75, 3.05) is 30.0 Å². The first kappa shape index (κ1) is 17.1. The first-order valence-corrected chi connectivity index (χ1v) is 10.2. The maximum absolute atomic E-state index is 13.0. The van der Waals surface area contributed by atoms with Crippen molar-refractivity contribution < 1.29 is 17.6 Å². The zero-order valence-electron chi connectivity index (χ0n) is 13.6. The lowest BCUT2D eigenvalue weighted by Gasteiger charge is -2.19. The van der Waals surface area contributed by atoms with Crippen LogP contribution in [0.2, 0.25) is 0 Å². The normalized spacial score (nSPS) is 24.2. The molecule has 1 aromatic heterocycles. The van der Waals surface area contributed by atoms with Crippen molar-refractivity contribution in [2.45, 2.75) is 25.3 Å². The third-order valence-electron chi connectivity index (χ3n) is 4.67. The van der Waals surface area contributed by atoms with Crippen LogP contribution in [0.15, 0.2) is 18.3 Å². The summed E-state index contributed by atoms with van der Waals surface area (Å²) in [5.41, 5.74) is 0. The Morgan fingerprint density at radius 2 is 2.12 bits per heavy atom. The van der Waals surface area contributed by atoms with Crippen LogP contribution in [0.25, 0.3) is 0 Å². The minimum absolute atomic E-state index is 0.0124. The van der Waals surface area contributed by atoms with Gasteiger partial charge in [-0.05, 0) is 30.9 Å². The van der Waals surface area contributed by atoms with Gasteiger partial charge in [0.2, 0.25) is 5.91 Å². The largest absolute Gasteiger partial charge is 0.354 e. The number of halogens is 1. The van der Waals surface area contributed by atoms with Crippen LogP contribution in [0.4, 0.5) is 10.2 Å². The van der Waals surface area contributed by atoms with E-state index in [2.05, 4.69) is 15.2 Å². The number of carbonyl (C=O) groups is 1. The number of sulfone groups is 1. The van der Waals surface area contributed by atoms with Gasteiger partial charge in [0.05, 0.1) is 18.0 Å². The van der Waals surface area contributed by atoms with Gasteiger partial charge in [-0.1, -0.05) is 0 Å². The van der Waals surface area contributed by atoms with E-state index in [1.807, 2.05) is 0 Å². The number of pyridine rings is 1. The summed E-state index contributed by atoms with van der Waals surface area (Å²) in [6.07, 6.45) is 4.63. The third kappa shape index (κ3) is 4.43. The van der Waals surface area contributed by atoms with Crippen LogP contribution in [-0.2, 0) is 14.6 Å². The summed E-state index contributed by atoms with van der Waals surface area (Å²) in [5.74, 6) is 0.889. The molecule has 8 heteroatoms. The molecular formula is C16H22FN3O3S. The Balaban J connectivity index is 1.63. The monoisotopic (exact) mass is 355 g/mol. The van der Waals surface area contributed by atoms with Gasteiger partial charge in [-0.25, -0.2) is 17.8 Å². The maximum atomic E-state index is 13.0. The number of aromatic nitrogens is 1.